The lowest BCUT2D eigenvalue weighted by Gasteiger charge is -2.15. The summed E-state index contributed by atoms with van der Waals surface area (Å²) in [6, 6.07) is 4.50. The second-order valence-corrected chi connectivity index (χ2v) is 8.88. The Balaban J connectivity index is 2.20. The minimum absolute atomic E-state index is 0.0734. The van der Waals surface area contributed by atoms with E-state index < -0.39 is 21.2 Å². The SMILES string of the molecule is C=CC(c1cc(Cl)cc(Cl)c1)S(=O)(=O)Nc1ncc(OC(=O)CCC)s1. The van der Waals surface area contributed by atoms with E-state index in [0.717, 1.165) is 11.3 Å². The molecule has 0 aliphatic heterocycles. The predicted molar refractivity (Wildman–Crippen MR) is 105 cm³/mol. The Kier molecular flexibility index (Phi) is 7.05. The van der Waals surface area contributed by atoms with Gasteiger partial charge in [0.25, 0.3) is 0 Å². The number of halogens is 2. The molecule has 0 bridgehead atoms. The molecule has 1 atom stereocenters. The van der Waals surface area contributed by atoms with Crippen LogP contribution in [0, 0.1) is 0 Å². The Labute approximate surface area is 165 Å². The van der Waals surface area contributed by atoms with Crippen molar-refractivity contribution in [3.63, 3.8) is 0 Å². The number of aromatic nitrogens is 1. The van der Waals surface area contributed by atoms with Crippen molar-refractivity contribution in [3.05, 3.63) is 52.7 Å². The highest BCUT2D eigenvalue weighted by molar-refractivity contribution is 7.93. The van der Waals surface area contributed by atoms with Gasteiger partial charge in [-0.05, 0) is 30.2 Å². The number of benzene rings is 1. The minimum Gasteiger partial charge on any atom is -0.414 e. The third kappa shape index (κ3) is 5.44. The number of rotatable bonds is 8. The van der Waals surface area contributed by atoms with E-state index in [1.54, 1.807) is 0 Å². The summed E-state index contributed by atoms with van der Waals surface area (Å²) in [6.07, 6.45) is 3.47. The molecular weight excluding hydrogens is 419 g/mol. The van der Waals surface area contributed by atoms with E-state index in [1.165, 1.54) is 30.5 Å². The highest BCUT2D eigenvalue weighted by atomic mass is 35.5. The van der Waals surface area contributed by atoms with Gasteiger partial charge in [0.15, 0.2) is 5.13 Å². The quantitative estimate of drug-likeness (QED) is 0.475. The molecule has 26 heavy (non-hydrogen) atoms. The van der Waals surface area contributed by atoms with Gasteiger partial charge in [-0.1, -0.05) is 47.5 Å². The molecule has 0 spiro atoms. The first kappa shape index (κ1) is 20.7. The van der Waals surface area contributed by atoms with Crippen LogP contribution in [0.25, 0.3) is 0 Å². The normalized spacial score (nSPS) is 12.4. The van der Waals surface area contributed by atoms with Gasteiger partial charge in [-0.25, -0.2) is 13.4 Å². The zero-order valence-electron chi connectivity index (χ0n) is 13.7. The number of thiazole rings is 1. The number of carbonyl (C=O) groups is 1. The number of esters is 1. The largest absolute Gasteiger partial charge is 0.414 e. The lowest BCUT2D eigenvalue weighted by atomic mass is 10.1. The molecule has 0 aliphatic carbocycles. The summed E-state index contributed by atoms with van der Waals surface area (Å²) in [4.78, 5) is 15.4. The molecular formula is C16H16Cl2N2O4S2. The van der Waals surface area contributed by atoms with Gasteiger partial charge < -0.3 is 4.74 Å². The summed E-state index contributed by atoms with van der Waals surface area (Å²) in [5, 5.41) is -0.178. The molecule has 1 heterocycles. The molecule has 2 rings (SSSR count). The van der Waals surface area contributed by atoms with E-state index in [4.69, 9.17) is 27.9 Å². The maximum Gasteiger partial charge on any atom is 0.312 e. The summed E-state index contributed by atoms with van der Waals surface area (Å²) in [5.74, 6) is -0.400. The van der Waals surface area contributed by atoms with Crippen LogP contribution in [0.15, 0.2) is 37.1 Å². The van der Waals surface area contributed by atoms with Gasteiger partial charge in [-0.2, -0.15) is 0 Å². The molecule has 0 saturated carbocycles. The van der Waals surface area contributed by atoms with Crippen LogP contribution in [0.1, 0.15) is 30.6 Å². The van der Waals surface area contributed by atoms with Crippen molar-refractivity contribution in [2.45, 2.75) is 25.0 Å². The van der Waals surface area contributed by atoms with Crippen LogP contribution in [-0.2, 0) is 14.8 Å². The van der Waals surface area contributed by atoms with Crippen molar-refractivity contribution in [2.24, 2.45) is 0 Å². The van der Waals surface area contributed by atoms with E-state index in [9.17, 15) is 13.2 Å². The second-order valence-electron chi connectivity index (χ2n) is 5.21. The molecule has 0 amide bonds. The summed E-state index contributed by atoms with van der Waals surface area (Å²) in [6.45, 7) is 5.43. The Morgan fingerprint density at radius 1 is 1.38 bits per heavy atom. The minimum atomic E-state index is -3.92. The molecule has 0 fully saturated rings. The number of sulfonamides is 1. The summed E-state index contributed by atoms with van der Waals surface area (Å²) < 4.78 is 32.8. The first-order valence-corrected chi connectivity index (χ1v) is 10.6. The maximum atomic E-state index is 12.7. The summed E-state index contributed by atoms with van der Waals surface area (Å²) in [5.41, 5.74) is 0.371. The number of ether oxygens (including phenoxy) is 1. The number of nitrogens with zero attached hydrogens (tertiary/aromatic N) is 1. The fourth-order valence-corrected chi connectivity index (χ4v) is 4.85. The topological polar surface area (TPSA) is 85.4 Å². The smallest absolute Gasteiger partial charge is 0.312 e. The standard InChI is InChI=1S/C16H16Cl2N2O4S2/c1-3-5-14(21)24-15-9-19-16(25-15)20-26(22,23)13(4-2)10-6-11(17)8-12(18)7-10/h4,6-9,13H,2-3,5H2,1H3,(H,19,20). The van der Waals surface area contributed by atoms with Crippen LogP contribution >= 0.6 is 34.5 Å². The highest BCUT2D eigenvalue weighted by Gasteiger charge is 2.26. The fraction of sp³-hybridized carbons (Fsp3) is 0.250. The molecule has 0 radical (unpaired) electrons. The van der Waals surface area contributed by atoms with Crippen molar-refractivity contribution < 1.29 is 17.9 Å². The van der Waals surface area contributed by atoms with E-state index in [2.05, 4.69) is 16.3 Å². The van der Waals surface area contributed by atoms with Crippen LogP contribution in [0.2, 0.25) is 10.0 Å². The van der Waals surface area contributed by atoms with Gasteiger partial charge in [-0.3, -0.25) is 9.52 Å². The monoisotopic (exact) mass is 434 g/mol. The van der Waals surface area contributed by atoms with Crippen LogP contribution in [0.4, 0.5) is 5.13 Å². The molecule has 1 unspecified atom stereocenters. The zero-order valence-corrected chi connectivity index (χ0v) is 16.9. The lowest BCUT2D eigenvalue weighted by molar-refractivity contribution is -0.134. The van der Waals surface area contributed by atoms with Crippen molar-refractivity contribution in [2.75, 3.05) is 4.72 Å². The summed E-state index contributed by atoms with van der Waals surface area (Å²) >= 11 is 12.8. The van der Waals surface area contributed by atoms with Crippen molar-refractivity contribution in [3.8, 4) is 5.06 Å². The van der Waals surface area contributed by atoms with Crippen LogP contribution in [0.3, 0.4) is 0 Å². The number of hydrogen-bond acceptors (Lipinski definition) is 6. The van der Waals surface area contributed by atoms with Crippen LogP contribution < -0.4 is 9.46 Å². The average molecular weight is 435 g/mol. The van der Waals surface area contributed by atoms with E-state index in [-0.39, 0.29) is 16.6 Å². The Morgan fingerprint density at radius 2 is 2.04 bits per heavy atom. The Hall–Kier alpha value is -1.61. The van der Waals surface area contributed by atoms with Crippen molar-refractivity contribution >= 4 is 55.7 Å². The van der Waals surface area contributed by atoms with E-state index >= 15 is 0 Å². The molecule has 6 nitrogen and oxygen atoms in total. The highest BCUT2D eigenvalue weighted by Crippen LogP contribution is 2.32. The van der Waals surface area contributed by atoms with Gasteiger partial charge in [0.2, 0.25) is 15.1 Å². The molecule has 10 heteroatoms. The lowest BCUT2D eigenvalue weighted by Crippen LogP contribution is -2.20. The zero-order chi connectivity index (χ0) is 19.3. The second kappa shape index (κ2) is 8.85. The van der Waals surface area contributed by atoms with Gasteiger partial charge in [-0.15, -0.1) is 6.58 Å². The number of hydrogen-bond donors (Lipinski definition) is 1. The first-order valence-electron chi connectivity index (χ1n) is 7.52. The maximum absolute atomic E-state index is 12.7. The van der Waals surface area contributed by atoms with Gasteiger partial charge >= 0.3 is 5.97 Å². The number of anilines is 1. The molecule has 2 aromatic rings. The predicted octanol–water partition coefficient (Wildman–Crippen LogP) is 4.82. The van der Waals surface area contributed by atoms with Gasteiger partial charge in [0.1, 0.15) is 5.25 Å². The summed E-state index contributed by atoms with van der Waals surface area (Å²) in [7, 11) is -3.92. The Morgan fingerprint density at radius 3 is 2.62 bits per heavy atom. The van der Waals surface area contributed by atoms with Crippen LogP contribution in [0.5, 0.6) is 5.06 Å². The molecule has 1 aromatic heterocycles. The molecule has 0 aliphatic rings. The van der Waals surface area contributed by atoms with E-state index in [1.807, 2.05) is 6.92 Å². The third-order valence-electron chi connectivity index (χ3n) is 3.14. The Bertz CT molecular complexity index is 892. The molecule has 140 valence electrons. The van der Waals surface area contributed by atoms with Gasteiger partial charge in [0, 0.05) is 16.5 Å². The fourth-order valence-electron chi connectivity index (χ4n) is 2.09. The molecule has 0 saturated heterocycles. The van der Waals surface area contributed by atoms with Crippen molar-refractivity contribution in [1.29, 1.82) is 0 Å². The van der Waals surface area contributed by atoms with Crippen molar-refractivity contribution in [1.82, 2.24) is 4.98 Å². The number of carbonyl (C=O) groups excluding carboxylic acids is 1. The molecule has 1 aromatic carbocycles. The average Bonchev–Trinajstić information content (AvgIpc) is 2.92. The van der Waals surface area contributed by atoms with E-state index in [0.29, 0.717) is 22.0 Å². The number of nitrogens with one attached hydrogen (secondary N) is 1. The van der Waals surface area contributed by atoms with Gasteiger partial charge in [0.05, 0.1) is 6.20 Å². The van der Waals surface area contributed by atoms with Crippen LogP contribution in [-0.4, -0.2) is 19.4 Å². The molecule has 1 N–H and O–H groups in total. The first-order chi connectivity index (χ1) is 12.2. The third-order valence-corrected chi connectivity index (χ3v) is 6.11.